The zero-order chi connectivity index (χ0) is 9.26. The van der Waals surface area contributed by atoms with Crippen LogP contribution in [0.15, 0.2) is 18.2 Å². The average molecular weight is 199 g/mol. The molecule has 0 bridgehead atoms. The Labute approximate surface area is 81.8 Å². The van der Waals surface area contributed by atoms with E-state index in [0.717, 1.165) is 17.7 Å². The van der Waals surface area contributed by atoms with Crippen LogP contribution in [0.5, 0.6) is 5.75 Å². The number of nitrogens with two attached hydrogens (primary N) is 1. The molecule has 0 unspecified atom stereocenters. The van der Waals surface area contributed by atoms with E-state index in [1.165, 1.54) is 0 Å². The van der Waals surface area contributed by atoms with Gasteiger partial charge in [-0.3, -0.25) is 11.3 Å². The summed E-state index contributed by atoms with van der Waals surface area (Å²) >= 11 is 5.87. The fourth-order valence-corrected chi connectivity index (χ4v) is 1.72. The minimum Gasteiger partial charge on any atom is -0.493 e. The molecule has 0 saturated carbocycles. The van der Waals surface area contributed by atoms with Gasteiger partial charge in [-0.05, 0) is 18.2 Å². The Bertz CT molecular complexity index is 316. The molecule has 1 aromatic rings. The zero-order valence-corrected chi connectivity index (χ0v) is 7.84. The molecule has 1 heterocycles. The number of nitrogens with one attached hydrogen (secondary N) is 1. The number of hydrogen-bond acceptors (Lipinski definition) is 3. The van der Waals surface area contributed by atoms with Crippen LogP contribution in [0.3, 0.4) is 0 Å². The van der Waals surface area contributed by atoms with Crippen LogP contribution in [0.2, 0.25) is 5.02 Å². The van der Waals surface area contributed by atoms with Gasteiger partial charge in [-0.1, -0.05) is 11.6 Å². The first-order valence-electron chi connectivity index (χ1n) is 4.19. The molecule has 0 spiro atoms. The summed E-state index contributed by atoms with van der Waals surface area (Å²) in [4.78, 5) is 0. The lowest BCUT2D eigenvalue weighted by Gasteiger charge is -2.25. The number of fused-ring (bicyclic) bond motifs is 1. The highest BCUT2D eigenvalue weighted by Crippen LogP contribution is 2.33. The van der Waals surface area contributed by atoms with Crippen LogP contribution >= 0.6 is 11.6 Å². The molecule has 0 fully saturated rings. The molecule has 1 aliphatic rings. The predicted octanol–water partition coefficient (Wildman–Crippen LogP) is 1.63. The standard InChI is InChI=1S/C9H11ClN2O/c10-6-1-2-9-7(5-6)8(12-11)3-4-13-9/h1-2,5,8,12H,3-4,11H2/t8-/m0/s1. The second kappa shape index (κ2) is 3.54. The Balaban J connectivity index is 2.41. The summed E-state index contributed by atoms with van der Waals surface area (Å²) in [5.74, 6) is 6.29. The van der Waals surface area contributed by atoms with E-state index in [4.69, 9.17) is 22.2 Å². The minimum atomic E-state index is 0.155. The maximum atomic E-state index is 5.87. The lowest BCUT2D eigenvalue weighted by Crippen LogP contribution is -2.31. The van der Waals surface area contributed by atoms with E-state index < -0.39 is 0 Å². The van der Waals surface area contributed by atoms with Gasteiger partial charge in [0.25, 0.3) is 0 Å². The minimum absolute atomic E-state index is 0.155. The highest BCUT2D eigenvalue weighted by molar-refractivity contribution is 6.30. The van der Waals surface area contributed by atoms with Crippen molar-refractivity contribution < 1.29 is 4.74 Å². The van der Waals surface area contributed by atoms with Crippen LogP contribution in [0.25, 0.3) is 0 Å². The van der Waals surface area contributed by atoms with Crippen LogP contribution < -0.4 is 16.0 Å². The highest BCUT2D eigenvalue weighted by Gasteiger charge is 2.20. The predicted molar refractivity (Wildman–Crippen MR) is 51.6 cm³/mol. The van der Waals surface area contributed by atoms with Crippen molar-refractivity contribution in [1.82, 2.24) is 5.43 Å². The third kappa shape index (κ3) is 1.63. The molecule has 70 valence electrons. The molecular weight excluding hydrogens is 188 g/mol. The largest absolute Gasteiger partial charge is 0.493 e. The number of hydrogen-bond donors (Lipinski definition) is 2. The molecule has 1 aromatic carbocycles. The molecule has 0 aromatic heterocycles. The van der Waals surface area contributed by atoms with Gasteiger partial charge in [-0.15, -0.1) is 0 Å². The third-order valence-corrected chi connectivity index (χ3v) is 2.45. The Kier molecular flexibility index (Phi) is 2.40. The van der Waals surface area contributed by atoms with E-state index in [2.05, 4.69) is 5.43 Å². The quantitative estimate of drug-likeness (QED) is 0.533. The summed E-state index contributed by atoms with van der Waals surface area (Å²) in [5.41, 5.74) is 3.79. The van der Waals surface area contributed by atoms with Gasteiger partial charge in [-0.25, -0.2) is 0 Å². The summed E-state index contributed by atoms with van der Waals surface area (Å²) in [7, 11) is 0. The molecule has 1 atom stereocenters. The number of benzene rings is 1. The van der Waals surface area contributed by atoms with Gasteiger partial charge >= 0.3 is 0 Å². The molecule has 1 aliphatic heterocycles. The Hall–Kier alpha value is -0.770. The van der Waals surface area contributed by atoms with Crippen molar-refractivity contribution >= 4 is 11.6 Å². The second-order valence-corrected chi connectivity index (χ2v) is 3.47. The van der Waals surface area contributed by atoms with Gasteiger partial charge in [0.2, 0.25) is 0 Å². The Morgan fingerprint density at radius 1 is 1.54 bits per heavy atom. The normalized spacial score (nSPS) is 20.6. The van der Waals surface area contributed by atoms with Crippen LogP contribution in [0.4, 0.5) is 0 Å². The van der Waals surface area contributed by atoms with Crippen LogP contribution in [0.1, 0.15) is 18.0 Å². The van der Waals surface area contributed by atoms with Gasteiger partial charge < -0.3 is 4.74 Å². The van der Waals surface area contributed by atoms with Crippen molar-refractivity contribution in [3.8, 4) is 5.75 Å². The zero-order valence-electron chi connectivity index (χ0n) is 7.09. The summed E-state index contributed by atoms with van der Waals surface area (Å²) in [6.45, 7) is 0.698. The van der Waals surface area contributed by atoms with Crippen LogP contribution in [-0.4, -0.2) is 6.61 Å². The van der Waals surface area contributed by atoms with Crippen molar-refractivity contribution in [2.45, 2.75) is 12.5 Å². The fraction of sp³-hybridized carbons (Fsp3) is 0.333. The summed E-state index contributed by atoms with van der Waals surface area (Å²) in [6.07, 6.45) is 0.879. The number of halogens is 1. The SMILES string of the molecule is NN[C@H]1CCOc2ccc(Cl)cc21. The van der Waals surface area contributed by atoms with Crippen molar-refractivity contribution in [2.24, 2.45) is 5.84 Å². The summed E-state index contributed by atoms with van der Waals surface area (Å²) < 4.78 is 5.46. The van der Waals surface area contributed by atoms with E-state index in [9.17, 15) is 0 Å². The number of ether oxygens (including phenoxy) is 1. The van der Waals surface area contributed by atoms with Crippen LogP contribution in [0, 0.1) is 0 Å². The lowest BCUT2D eigenvalue weighted by atomic mass is 10.0. The molecular formula is C9H11ClN2O. The molecule has 13 heavy (non-hydrogen) atoms. The molecule has 3 N–H and O–H groups in total. The van der Waals surface area contributed by atoms with E-state index in [0.29, 0.717) is 11.6 Å². The van der Waals surface area contributed by atoms with E-state index in [-0.39, 0.29) is 6.04 Å². The smallest absolute Gasteiger partial charge is 0.124 e. The van der Waals surface area contributed by atoms with Crippen LogP contribution in [-0.2, 0) is 0 Å². The molecule has 4 heteroatoms. The maximum absolute atomic E-state index is 5.87. The molecule has 0 aliphatic carbocycles. The van der Waals surface area contributed by atoms with Gasteiger partial charge in [0, 0.05) is 17.0 Å². The molecule has 0 saturated heterocycles. The first kappa shape index (κ1) is 8.81. The van der Waals surface area contributed by atoms with Crippen molar-refractivity contribution in [2.75, 3.05) is 6.61 Å². The number of hydrazine groups is 1. The van der Waals surface area contributed by atoms with Crippen molar-refractivity contribution in [3.05, 3.63) is 28.8 Å². The topological polar surface area (TPSA) is 47.3 Å². The third-order valence-electron chi connectivity index (χ3n) is 2.21. The Morgan fingerprint density at radius 2 is 2.38 bits per heavy atom. The molecule has 3 nitrogen and oxygen atoms in total. The summed E-state index contributed by atoms with van der Waals surface area (Å²) in [5, 5.41) is 0.713. The highest BCUT2D eigenvalue weighted by atomic mass is 35.5. The molecule has 0 radical (unpaired) electrons. The van der Waals surface area contributed by atoms with E-state index >= 15 is 0 Å². The van der Waals surface area contributed by atoms with Gasteiger partial charge in [0.05, 0.1) is 12.6 Å². The lowest BCUT2D eigenvalue weighted by molar-refractivity contribution is 0.253. The van der Waals surface area contributed by atoms with Gasteiger partial charge in [-0.2, -0.15) is 0 Å². The second-order valence-electron chi connectivity index (χ2n) is 3.04. The Morgan fingerprint density at radius 3 is 3.15 bits per heavy atom. The van der Waals surface area contributed by atoms with Gasteiger partial charge in [0.1, 0.15) is 5.75 Å². The first-order chi connectivity index (χ1) is 6.31. The van der Waals surface area contributed by atoms with Gasteiger partial charge in [0.15, 0.2) is 0 Å². The first-order valence-corrected chi connectivity index (χ1v) is 4.57. The van der Waals surface area contributed by atoms with E-state index in [1.54, 1.807) is 0 Å². The number of rotatable bonds is 1. The van der Waals surface area contributed by atoms with E-state index in [1.807, 2.05) is 18.2 Å². The monoisotopic (exact) mass is 198 g/mol. The maximum Gasteiger partial charge on any atom is 0.124 e. The van der Waals surface area contributed by atoms with Crippen molar-refractivity contribution in [1.29, 1.82) is 0 Å². The molecule has 2 rings (SSSR count). The molecule has 0 amide bonds. The van der Waals surface area contributed by atoms with Crippen molar-refractivity contribution in [3.63, 3.8) is 0 Å². The average Bonchev–Trinajstić information content (AvgIpc) is 2.17. The summed E-state index contributed by atoms with van der Waals surface area (Å²) in [6, 6.07) is 5.74. The fourth-order valence-electron chi connectivity index (χ4n) is 1.54.